The van der Waals surface area contributed by atoms with E-state index in [-0.39, 0.29) is 0 Å². The Morgan fingerprint density at radius 3 is 2.60 bits per heavy atom. The van der Waals surface area contributed by atoms with E-state index >= 15 is 0 Å². The normalized spacial score (nSPS) is 20.4. The molecule has 1 aromatic rings. The second-order valence-electron chi connectivity index (χ2n) is 3.03. The number of benzene rings is 1. The van der Waals surface area contributed by atoms with E-state index in [0.29, 0.717) is 12.2 Å². The van der Waals surface area contributed by atoms with Crippen LogP contribution in [-0.2, 0) is 4.79 Å². The molecule has 0 radical (unpaired) electrons. The molecule has 1 aliphatic rings. The van der Waals surface area contributed by atoms with Gasteiger partial charge in [0.25, 0.3) is 0 Å². The number of hydrazine groups is 1. The fourth-order valence-corrected chi connectivity index (χ4v) is 1.54. The molecule has 0 aliphatic carbocycles. The lowest BCUT2D eigenvalue weighted by molar-refractivity contribution is -0.119. The van der Waals surface area contributed by atoms with E-state index in [1.54, 1.807) is 0 Å². The average Bonchev–Trinajstić information content (AvgIpc) is 2.57. The summed E-state index contributed by atoms with van der Waals surface area (Å²) in [6, 6.07) is 9.39. The summed E-state index contributed by atoms with van der Waals surface area (Å²) in [5.74, 6) is 6.28. The standard InChI is InChI=1S/C9H10N4OS/c10-13-8(7-4-2-1-3-5-7)11-12(6-14)9(13)15/h1-6,9,15H,10H2. The number of nitrogens with zero attached hydrogens (tertiary/aromatic N) is 3. The van der Waals surface area contributed by atoms with Gasteiger partial charge in [-0.2, -0.15) is 5.01 Å². The lowest BCUT2D eigenvalue weighted by Gasteiger charge is -2.19. The van der Waals surface area contributed by atoms with E-state index in [1.165, 1.54) is 5.01 Å². The van der Waals surface area contributed by atoms with Crippen LogP contribution in [0.25, 0.3) is 0 Å². The van der Waals surface area contributed by atoms with Gasteiger partial charge < -0.3 is 0 Å². The lowest BCUT2D eigenvalue weighted by Crippen LogP contribution is -2.43. The summed E-state index contributed by atoms with van der Waals surface area (Å²) in [5.41, 5.74) is 0.307. The van der Waals surface area contributed by atoms with E-state index in [0.717, 1.165) is 10.6 Å². The monoisotopic (exact) mass is 222 g/mol. The summed E-state index contributed by atoms with van der Waals surface area (Å²) in [6.07, 6.45) is 0.591. The van der Waals surface area contributed by atoms with Crippen molar-refractivity contribution in [3.63, 3.8) is 0 Å². The minimum absolute atomic E-state index is 0.530. The summed E-state index contributed by atoms with van der Waals surface area (Å²) < 4.78 is 0. The molecule has 5 nitrogen and oxygen atoms in total. The van der Waals surface area contributed by atoms with Gasteiger partial charge in [0.2, 0.25) is 6.41 Å². The Labute approximate surface area is 92.5 Å². The SMILES string of the molecule is NN1C(c2ccccc2)=NN(C=O)C1S. The van der Waals surface area contributed by atoms with Crippen LogP contribution in [0.15, 0.2) is 35.4 Å². The highest BCUT2D eigenvalue weighted by Gasteiger charge is 2.29. The van der Waals surface area contributed by atoms with Gasteiger partial charge in [0.15, 0.2) is 11.3 Å². The zero-order valence-electron chi connectivity index (χ0n) is 7.82. The predicted octanol–water partition coefficient (Wildman–Crippen LogP) is 0.209. The summed E-state index contributed by atoms with van der Waals surface area (Å²) in [7, 11) is 0. The quantitative estimate of drug-likeness (QED) is 0.427. The third-order valence-corrected chi connectivity index (χ3v) is 2.57. The van der Waals surface area contributed by atoms with Crippen molar-refractivity contribution in [2.75, 3.05) is 0 Å². The van der Waals surface area contributed by atoms with Gasteiger partial charge in [-0.05, 0) is 0 Å². The van der Waals surface area contributed by atoms with Crippen molar-refractivity contribution >= 4 is 24.9 Å². The topological polar surface area (TPSA) is 61.9 Å². The molecule has 1 atom stereocenters. The molecule has 0 bridgehead atoms. The summed E-state index contributed by atoms with van der Waals surface area (Å²) in [6.45, 7) is 0. The molecule has 1 heterocycles. The van der Waals surface area contributed by atoms with Crippen LogP contribution in [0.4, 0.5) is 0 Å². The van der Waals surface area contributed by atoms with Crippen LogP contribution in [0.2, 0.25) is 0 Å². The highest BCUT2D eigenvalue weighted by atomic mass is 32.1. The fraction of sp³-hybridized carbons (Fsp3) is 0.111. The van der Waals surface area contributed by atoms with Crippen LogP contribution in [0.5, 0.6) is 0 Å². The molecule has 6 heteroatoms. The number of amides is 1. The molecule has 78 valence electrons. The van der Waals surface area contributed by atoms with Crippen molar-refractivity contribution in [3.8, 4) is 0 Å². The Balaban J connectivity index is 2.35. The molecule has 0 aromatic heterocycles. The van der Waals surface area contributed by atoms with Gasteiger partial charge in [-0.25, -0.2) is 5.84 Å². The summed E-state index contributed by atoms with van der Waals surface area (Å²) in [4.78, 5) is 10.6. The molecular formula is C9H10N4OS. The number of carbonyl (C=O) groups is 1. The Morgan fingerprint density at radius 1 is 1.40 bits per heavy atom. The van der Waals surface area contributed by atoms with Gasteiger partial charge in [-0.3, -0.25) is 9.80 Å². The van der Waals surface area contributed by atoms with E-state index in [4.69, 9.17) is 5.84 Å². The molecule has 0 saturated heterocycles. The third kappa shape index (κ3) is 1.69. The lowest BCUT2D eigenvalue weighted by atomic mass is 10.2. The Hall–Kier alpha value is -1.53. The molecule has 0 saturated carbocycles. The third-order valence-electron chi connectivity index (χ3n) is 2.08. The van der Waals surface area contributed by atoms with Gasteiger partial charge in [-0.1, -0.05) is 30.3 Å². The number of nitrogens with two attached hydrogens (primary N) is 1. The Morgan fingerprint density at radius 2 is 2.07 bits per heavy atom. The number of hydrogen-bond donors (Lipinski definition) is 2. The number of hydrazone groups is 1. The Kier molecular flexibility index (Phi) is 2.61. The highest BCUT2D eigenvalue weighted by molar-refractivity contribution is 7.80. The first-order valence-corrected chi connectivity index (χ1v) is 4.85. The summed E-state index contributed by atoms with van der Waals surface area (Å²) in [5, 5.41) is 6.54. The first kappa shape index (κ1) is 10.0. The van der Waals surface area contributed by atoms with Gasteiger partial charge >= 0.3 is 0 Å². The number of rotatable bonds is 2. The largest absolute Gasteiger partial charge is 0.277 e. The number of carbonyl (C=O) groups excluding carboxylic acids is 1. The minimum Gasteiger partial charge on any atom is -0.277 e. The molecular weight excluding hydrogens is 212 g/mol. The molecule has 1 aromatic carbocycles. The van der Waals surface area contributed by atoms with Crippen molar-refractivity contribution in [2.45, 2.75) is 5.50 Å². The second kappa shape index (κ2) is 3.92. The van der Waals surface area contributed by atoms with E-state index in [2.05, 4.69) is 17.7 Å². The van der Waals surface area contributed by atoms with Crippen molar-refractivity contribution in [3.05, 3.63) is 35.9 Å². The number of hydrogen-bond acceptors (Lipinski definition) is 5. The zero-order valence-corrected chi connectivity index (χ0v) is 8.71. The first-order chi connectivity index (χ1) is 7.24. The number of thiol groups is 1. The summed E-state index contributed by atoms with van der Waals surface area (Å²) >= 11 is 4.15. The van der Waals surface area contributed by atoms with E-state index < -0.39 is 5.50 Å². The molecule has 1 unspecified atom stereocenters. The van der Waals surface area contributed by atoms with Crippen LogP contribution < -0.4 is 5.84 Å². The highest BCUT2D eigenvalue weighted by Crippen LogP contribution is 2.18. The van der Waals surface area contributed by atoms with Crippen LogP contribution in [0, 0.1) is 0 Å². The maximum absolute atomic E-state index is 10.6. The first-order valence-electron chi connectivity index (χ1n) is 4.33. The van der Waals surface area contributed by atoms with E-state index in [1.807, 2.05) is 30.3 Å². The molecule has 1 aliphatic heterocycles. The second-order valence-corrected chi connectivity index (χ2v) is 3.49. The van der Waals surface area contributed by atoms with Gasteiger partial charge in [0.1, 0.15) is 0 Å². The maximum atomic E-state index is 10.6. The van der Waals surface area contributed by atoms with Crippen LogP contribution >= 0.6 is 12.6 Å². The Bertz CT molecular complexity index is 394. The molecule has 2 N–H and O–H groups in total. The van der Waals surface area contributed by atoms with Gasteiger partial charge in [0.05, 0.1) is 0 Å². The average molecular weight is 222 g/mol. The predicted molar refractivity (Wildman–Crippen MR) is 59.7 cm³/mol. The van der Waals surface area contributed by atoms with Crippen molar-refractivity contribution in [1.82, 2.24) is 10.0 Å². The minimum atomic E-state index is -0.544. The van der Waals surface area contributed by atoms with Crippen molar-refractivity contribution in [1.29, 1.82) is 0 Å². The molecule has 0 spiro atoms. The zero-order chi connectivity index (χ0) is 10.8. The maximum Gasteiger partial charge on any atom is 0.232 e. The van der Waals surface area contributed by atoms with Gasteiger partial charge in [0, 0.05) is 5.56 Å². The van der Waals surface area contributed by atoms with Gasteiger partial charge in [-0.15, -0.1) is 17.7 Å². The van der Waals surface area contributed by atoms with E-state index in [9.17, 15) is 4.79 Å². The van der Waals surface area contributed by atoms with Crippen LogP contribution in [0.1, 0.15) is 5.56 Å². The fourth-order valence-electron chi connectivity index (χ4n) is 1.32. The number of amidine groups is 1. The van der Waals surface area contributed by atoms with Crippen LogP contribution in [-0.4, -0.2) is 27.8 Å². The smallest absolute Gasteiger partial charge is 0.232 e. The molecule has 15 heavy (non-hydrogen) atoms. The molecule has 1 amide bonds. The van der Waals surface area contributed by atoms with Crippen molar-refractivity contribution in [2.24, 2.45) is 10.9 Å². The van der Waals surface area contributed by atoms with Crippen molar-refractivity contribution < 1.29 is 4.79 Å². The van der Waals surface area contributed by atoms with Crippen LogP contribution in [0.3, 0.4) is 0 Å². The molecule has 2 rings (SSSR count). The molecule has 0 fully saturated rings.